The Hall–Kier alpha value is -3.34. The average molecular weight is 446 g/mol. The van der Waals surface area contributed by atoms with E-state index in [0.29, 0.717) is 0 Å². The number of furan rings is 1. The monoisotopic (exact) mass is 446 g/mol. The number of benzene rings is 4. The van der Waals surface area contributed by atoms with Gasteiger partial charge in [0, 0.05) is 10.8 Å². The van der Waals surface area contributed by atoms with Crippen LogP contribution < -0.4 is 5.46 Å². The quantitative estimate of drug-likeness (QED) is 0.274. The molecule has 1 fully saturated rings. The molecule has 1 saturated heterocycles. The summed E-state index contributed by atoms with van der Waals surface area (Å²) in [5.41, 5.74) is 6.44. The maximum absolute atomic E-state index is 6.50. The minimum atomic E-state index is -0.481. The fourth-order valence-corrected chi connectivity index (χ4v) is 4.72. The summed E-state index contributed by atoms with van der Waals surface area (Å²) in [5, 5.41) is 2.13. The Kier molecular flexibility index (Phi) is 4.74. The molecule has 1 aliphatic heterocycles. The molecule has 1 aromatic heterocycles. The maximum Gasteiger partial charge on any atom is 0.495 e. The summed E-state index contributed by atoms with van der Waals surface area (Å²) in [6, 6.07) is 31.6. The lowest BCUT2D eigenvalue weighted by atomic mass is 9.75. The third-order valence-electron chi connectivity index (χ3n) is 7.32. The minimum absolute atomic E-state index is 0.424. The third kappa shape index (κ3) is 3.37. The molecule has 3 nitrogen and oxygen atoms in total. The Balaban J connectivity index is 1.56. The van der Waals surface area contributed by atoms with E-state index in [-0.39, 0.29) is 0 Å². The van der Waals surface area contributed by atoms with Gasteiger partial charge in [-0.1, -0.05) is 72.8 Å². The van der Waals surface area contributed by atoms with E-state index < -0.39 is 18.3 Å². The summed E-state index contributed by atoms with van der Waals surface area (Å²) in [4.78, 5) is 0. The lowest BCUT2D eigenvalue weighted by Gasteiger charge is -2.32. The van der Waals surface area contributed by atoms with Crippen molar-refractivity contribution in [2.24, 2.45) is 0 Å². The minimum Gasteiger partial charge on any atom is -0.456 e. The van der Waals surface area contributed by atoms with Crippen LogP contribution >= 0.6 is 0 Å². The standard InChI is InChI=1S/C30H27BO3/c1-29(2)30(3,4)34-31(33-29)25-18-23(19-27-28(25)24-15-8-9-16-26(24)32-27)22-14-10-13-21(17-22)20-11-6-5-7-12-20/h5-19H,1-4H3. The molecule has 5 aromatic rings. The zero-order valence-corrected chi connectivity index (χ0v) is 20.0. The molecule has 0 spiro atoms. The normalized spacial score (nSPS) is 17.0. The van der Waals surface area contributed by atoms with E-state index in [1.165, 1.54) is 11.1 Å². The molecule has 168 valence electrons. The van der Waals surface area contributed by atoms with Gasteiger partial charge < -0.3 is 13.7 Å². The highest BCUT2D eigenvalue weighted by Gasteiger charge is 2.52. The Morgan fingerprint density at radius 1 is 0.559 bits per heavy atom. The van der Waals surface area contributed by atoms with Crippen molar-refractivity contribution in [1.82, 2.24) is 0 Å². The van der Waals surface area contributed by atoms with Gasteiger partial charge in [-0.15, -0.1) is 0 Å². The number of para-hydroxylation sites is 1. The van der Waals surface area contributed by atoms with Crippen LogP contribution in [0.4, 0.5) is 0 Å². The topological polar surface area (TPSA) is 31.6 Å². The molecular formula is C30H27BO3. The van der Waals surface area contributed by atoms with Gasteiger partial charge in [0.05, 0.1) is 11.2 Å². The molecule has 1 aliphatic rings. The van der Waals surface area contributed by atoms with Gasteiger partial charge in [-0.2, -0.15) is 0 Å². The molecule has 0 atom stereocenters. The largest absolute Gasteiger partial charge is 0.495 e. The molecule has 4 aromatic carbocycles. The van der Waals surface area contributed by atoms with E-state index in [1.807, 2.05) is 24.3 Å². The lowest BCUT2D eigenvalue weighted by molar-refractivity contribution is 0.00578. The first kappa shape index (κ1) is 21.2. The molecular weight excluding hydrogens is 419 g/mol. The fraction of sp³-hybridized carbons (Fsp3) is 0.200. The van der Waals surface area contributed by atoms with Crippen molar-refractivity contribution in [2.75, 3.05) is 0 Å². The highest BCUT2D eigenvalue weighted by Crippen LogP contribution is 2.39. The molecule has 4 heteroatoms. The summed E-state index contributed by atoms with van der Waals surface area (Å²) < 4.78 is 19.3. The Morgan fingerprint density at radius 3 is 1.91 bits per heavy atom. The second-order valence-corrected chi connectivity index (χ2v) is 10.1. The lowest BCUT2D eigenvalue weighted by Crippen LogP contribution is -2.41. The van der Waals surface area contributed by atoms with Crippen LogP contribution in [0.1, 0.15) is 27.7 Å². The summed E-state index contributed by atoms with van der Waals surface area (Å²) in [5.74, 6) is 0. The van der Waals surface area contributed by atoms with Crippen LogP contribution in [-0.4, -0.2) is 18.3 Å². The molecule has 6 rings (SSSR count). The second kappa shape index (κ2) is 7.59. The predicted molar refractivity (Wildman–Crippen MR) is 140 cm³/mol. The van der Waals surface area contributed by atoms with Gasteiger partial charge in [0.15, 0.2) is 0 Å². The van der Waals surface area contributed by atoms with Gasteiger partial charge in [-0.25, -0.2) is 0 Å². The van der Waals surface area contributed by atoms with Crippen LogP contribution in [-0.2, 0) is 9.31 Å². The van der Waals surface area contributed by atoms with Gasteiger partial charge in [0.25, 0.3) is 0 Å². The molecule has 0 N–H and O–H groups in total. The SMILES string of the molecule is CC1(C)OB(c2cc(-c3cccc(-c4ccccc4)c3)cc3oc4ccccc4c23)OC1(C)C. The Bertz CT molecular complexity index is 1500. The Labute approximate surface area is 200 Å². The zero-order chi connectivity index (χ0) is 23.5. The van der Waals surface area contributed by atoms with Crippen LogP contribution in [0, 0.1) is 0 Å². The van der Waals surface area contributed by atoms with Gasteiger partial charge in [0.1, 0.15) is 11.2 Å². The number of hydrogen-bond donors (Lipinski definition) is 0. The van der Waals surface area contributed by atoms with Crippen LogP contribution in [0.2, 0.25) is 0 Å². The van der Waals surface area contributed by atoms with E-state index >= 15 is 0 Å². The summed E-state index contributed by atoms with van der Waals surface area (Å²) in [7, 11) is -0.481. The van der Waals surface area contributed by atoms with E-state index in [2.05, 4.69) is 94.4 Å². The van der Waals surface area contributed by atoms with E-state index in [1.54, 1.807) is 0 Å². The Morgan fingerprint density at radius 2 is 1.18 bits per heavy atom. The number of hydrogen-bond acceptors (Lipinski definition) is 3. The van der Waals surface area contributed by atoms with Crippen molar-refractivity contribution in [3.63, 3.8) is 0 Å². The van der Waals surface area contributed by atoms with Crippen molar-refractivity contribution >= 4 is 34.5 Å². The van der Waals surface area contributed by atoms with Crippen molar-refractivity contribution in [2.45, 2.75) is 38.9 Å². The van der Waals surface area contributed by atoms with Gasteiger partial charge in [0.2, 0.25) is 0 Å². The summed E-state index contributed by atoms with van der Waals surface area (Å²) in [6.45, 7) is 8.35. The van der Waals surface area contributed by atoms with Crippen molar-refractivity contribution in [3.05, 3.63) is 91.0 Å². The molecule has 2 heterocycles. The first-order valence-corrected chi connectivity index (χ1v) is 11.8. The van der Waals surface area contributed by atoms with Crippen LogP contribution in [0.5, 0.6) is 0 Å². The zero-order valence-electron chi connectivity index (χ0n) is 20.0. The molecule has 0 bridgehead atoms. The maximum atomic E-state index is 6.50. The second-order valence-electron chi connectivity index (χ2n) is 10.1. The van der Waals surface area contributed by atoms with Gasteiger partial charge in [-0.3, -0.25) is 0 Å². The van der Waals surface area contributed by atoms with Crippen LogP contribution in [0.25, 0.3) is 44.2 Å². The first-order valence-electron chi connectivity index (χ1n) is 11.8. The smallest absolute Gasteiger partial charge is 0.456 e. The fourth-order valence-electron chi connectivity index (χ4n) is 4.72. The average Bonchev–Trinajstić information content (AvgIpc) is 3.32. The first-order chi connectivity index (χ1) is 16.3. The van der Waals surface area contributed by atoms with Crippen molar-refractivity contribution in [3.8, 4) is 22.3 Å². The molecule has 0 aliphatic carbocycles. The van der Waals surface area contributed by atoms with Gasteiger partial charge in [-0.05, 0) is 73.6 Å². The number of rotatable bonds is 3. The van der Waals surface area contributed by atoms with E-state index in [4.69, 9.17) is 13.7 Å². The molecule has 0 unspecified atom stereocenters. The predicted octanol–water partition coefficient (Wildman–Crippen LogP) is 7.22. The third-order valence-corrected chi connectivity index (χ3v) is 7.32. The van der Waals surface area contributed by atoms with Crippen LogP contribution in [0.15, 0.2) is 95.4 Å². The van der Waals surface area contributed by atoms with Gasteiger partial charge >= 0.3 is 7.12 Å². The van der Waals surface area contributed by atoms with Crippen molar-refractivity contribution in [1.29, 1.82) is 0 Å². The van der Waals surface area contributed by atoms with Crippen molar-refractivity contribution < 1.29 is 13.7 Å². The molecule has 0 radical (unpaired) electrons. The highest BCUT2D eigenvalue weighted by atomic mass is 16.7. The number of fused-ring (bicyclic) bond motifs is 3. The summed E-state index contributed by atoms with van der Waals surface area (Å²) in [6.07, 6.45) is 0. The molecule has 34 heavy (non-hydrogen) atoms. The van der Waals surface area contributed by atoms with E-state index in [9.17, 15) is 0 Å². The van der Waals surface area contributed by atoms with E-state index in [0.717, 1.165) is 38.5 Å². The highest BCUT2D eigenvalue weighted by molar-refractivity contribution is 6.66. The molecule has 0 amide bonds. The summed E-state index contributed by atoms with van der Waals surface area (Å²) >= 11 is 0. The molecule has 0 saturated carbocycles. The van der Waals surface area contributed by atoms with Crippen LogP contribution in [0.3, 0.4) is 0 Å².